The number of pyridine rings is 2. The Morgan fingerprint density at radius 2 is 2.14 bits per heavy atom. The molecule has 0 amide bonds. The predicted molar refractivity (Wildman–Crippen MR) is 109 cm³/mol. The van der Waals surface area contributed by atoms with E-state index in [1.807, 2.05) is 37.3 Å². The molecule has 29 heavy (non-hydrogen) atoms. The summed E-state index contributed by atoms with van der Waals surface area (Å²) in [6.07, 6.45) is 0.340. The molecule has 6 nitrogen and oxygen atoms in total. The minimum absolute atomic E-state index is 0.0722. The summed E-state index contributed by atoms with van der Waals surface area (Å²) < 4.78 is 6.94. The molecule has 1 atom stereocenters. The van der Waals surface area contributed by atoms with Gasteiger partial charge in [-0.3, -0.25) is 9.59 Å². The van der Waals surface area contributed by atoms with Crippen molar-refractivity contribution in [2.75, 3.05) is 6.61 Å². The normalized spacial score (nSPS) is 19.6. The third-order valence-electron chi connectivity index (χ3n) is 6.25. The van der Waals surface area contributed by atoms with Crippen LogP contribution in [0.4, 0.5) is 0 Å². The molecule has 1 unspecified atom stereocenters. The van der Waals surface area contributed by atoms with Gasteiger partial charge in [0.2, 0.25) is 0 Å². The van der Waals surface area contributed by atoms with Crippen LogP contribution in [0.1, 0.15) is 35.6 Å². The summed E-state index contributed by atoms with van der Waals surface area (Å²) >= 11 is 6.09. The van der Waals surface area contributed by atoms with Gasteiger partial charge in [-0.1, -0.05) is 25.1 Å². The highest BCUT2D eigenvalue weighted by molar-refractivity contribution is 6.18. The molecule has 7 heteroatoms. The number of cyclic esters (lactones) is 1. The largest absolute Gasteiger partial charge is 0.460 e. The van der Waals surface area contributed by atoms with Crippen LogP contribution in [-0.4, -0.2) is 27.2 Å². The molecule has 1 N–H and O–H groups in total. The maximum Gasteiger partial charge on any atom is 0.319 e. The van der Waals surface area contributed by atoms with Gasteiger partial charge in [-0.25, -0.2) is 4.98 Å². The van der Waals surface area contributed by atoms with E-state index in [1.54, 1.807) is 4.57 Å². The number of aromatic nitrogens is 2. The van der Waals surface area contributed by atoms with Crippen molar-refractivity contribution in [1.29, 1.82) is 0 Å². The number of benzene rings is 1. The number of hydrogen-bond acceptors (Lipinski definition) is 5. The van der Waals surface area contributed by atoms with Crippen LogP contribution in [0.3, 0.4) is 0 Å². The van der Waals surface area contributed by atoms with Crippen LogP contribution in [0.25, 0.3) is 22.3 Å². The number of para-hydroxylation sites is 1. The first-order valence-corrected chi connectivity index (χ1v) is 10.1. The zero-order chi connectivity index (χ0) is 20.3. The van der Waals surface area contributed by atoms with E-state index in [1.165, 1.54) is 0 Å². The molecule has 2 aliphatic heterocycles. The number of carbonyl (C=O) groups is 1. The Balaban J connectivity index is 1.81. The molecule has 2 aromatic heterocycles. The molecular weight excluding hydrogens is 392 g/mol. The lowest BCUT2D eigenvalue weighted by molar-refractivity contribution is -0.156. The summed E-state index contributed by atoms with van der Waals surface area (Å²) in [7, 11) is 0. The van der Waals surface area contributed by atoms with Crippen molar-refractivity contribution in [3.63, 3.8) is 0 Å². The Kier molecular flexibility index (Phi) is 4.05. The minimum atomic E-state index is -1.22. The van der Waals surface area contributed by atoms with E-state index in [0.717, 1.165) is 27.7 Å². The quantitative estimate of drug-likeness (QED) is 0.415. The number of rotatable bonds is 3. The van der Waals surface area contributed by atoms with Crippen molar-refractivity contribution in [2.24, 2.45) is 0 Å². The van der Waals surface area contributed by atoms with Crippen molar-refractivity contribution >= 4 is 28.5 Å². The van der Waals surface area contributed by atoms with Crippen LogP contribution in [-0.2, 0) is 34.0 Å². The fraction of sp³-hybridized carbons (Fsp3) is 0.318. The van der Waals surface area contributed by atoms with Gasteiger partial charge in [0.25, 0.3) is 5.56 Å². The van der Waals surface area contributed by atoms with Gasteiger partial charge in [-0.05, 0) is 29.7 Å². The number of alkyl halides is 1. The van der Waals surface area contributed by atoms with E-state index < -0.39 is 18.0 Å². The number of hydrogen-bond donors (Lipinski definition) is 1. The molecule has 0 fully saturated rings. The van der Waals surface area contributed by atoms with E-state index in [2.05, 4.69) is 0 Å². The Morgan fingerprint density at radius 1 is 1.31 bits per heavy atom. The lowest BCUT2D eigenvalue weighted by Crippen LogP contribution is -2.47. The van der Waals surface area contributed by atoms with E-state index in [4.69, 9.17) is 21.3 Å². The van der Waals surface area contributed by atoms with Crippen LogP contribution in [0.5, 0.6) is 0 Å². The van der Waals surface area contributed by atoms with Crippen molar-refractivity contribution in [3.8, 4) is 11.4 Å². The second kappa shape index (κ2) is 6.40. The number of ether oxygens (including phenoxy) is 1. The second-order valence-corrected chi connectivity index (χ2v) is 7.87. The van der Waals surface area contributed by atoms with Crippen LogP contribution in [0.15, 0.2) is 35.1 Å². The van der Waals surface area contributed by atoms with Crippen molar-refractivity contribution in [2.45, 2.75) is 37.8 Å². The SMILES string of the molecule is CCC1(CO)C(=O)OCc2c1cc1n(c2=O)Cc2cc3cccc(CCl)c3nc2-1. The molecule has 0 aliphatic carbocycles. The van der Waals surface area contributed by atoms with Gasteiger partial charge in [-0.2, -0.15) is 0 Å². The van der Waals surface area contributed by atoms with Crippen LogP contribution < -0.4 is 5.56 Å². The van der Waals surface area contributed by atoms with Gasteiger partial charge in [0.1, 0.15) is 12.0 Å². The summed E-state index contributed by atoms with van der Waals surface area (Å²) in [6.45, 7) is 1.74. The number of fused-ring (bicyclic) bond motifs is 5. The summed E-state index contributed by atoms with van der Waals surface area (Å²) in [5.74, 6) is -0.149. The molecule has 0 saturated heterocycles. The standard InChI is InChI=1S/C22H19ClN2O4/c1-2-22(11-26)16-7-17-19-14(6-12-4-3-5-13(8-23)18(12)24-19)9-25(17)20(27)15(16)10-29-21(22)28/h3-7,26H,2,8-11H2,1H3. The van der Waals surface area contributed by atoms with Gasteiger partial charge < -0.3 is 14.4 Å². The number of carbonyl (C=O) groups excluding carboxylic acids is 1. The van der Waals surface area contributed by atoms with Crippen LogP contribution >= 0.6 is 11.6 Å². The first-order chi connectivity index (χ1) is 14.0. The zero-order valence-corrected chi connectivity index (χ0v) is 16.6. The molecule has 0 saturated carbocycles. The summed E-state index contributed by atoms with van der Waals surface area (Å²) in [5, 5.41) is 11.0. The van der Waals surface area contributed by atoms with Gasteiger partial charge in [0.15, 0.2) is 0 Å². The molecule has 148 valence electrons. The maximum atomic E-state index is 13.3. The molecule has 5 rings (SSSR count). The molecule has 3 aromatic rings. The number of esters is 1. The van der Waals surface area contributed by atoms with E-state index in [-0.39, 0.29) is 12.2 Å². The summed E-state index contributed by atoms with van der Waals surface area (Å²) in [6, 6.07) is 9.75. The average Bonchev–Trinajstić information content (AvgIpc) is 3.10. The summed E-state index contributed by atoms with van der Waals surface area (Å²) in [4.78, 5) is 30.6. The van der Waals surface area contributed by atoms with Crippen molar-refractivity contribution in [1.82, 2.24) is 9.55 Å². The Bertz CT molecular complexity index is 1240. The fourth-order valence-corrected chi connectivity index (χ4v) is 4.73. The third kappa shape index (κ3) is 2.36. The predicted octanol–water partition coefficient (Wildman–Crippen LogP) is 2.86. The highest BCUT2D eigenvalue weighted by Gasteiger charge is 2.46. The monoisotopic (exact) mass is 410 g/mol. The van der Waals surface area contributed by atoms with E-state index in [9.17, 15) is 14.7 Å². The van der Waals surface area contributed by atoms with Gasteiger partial charge in [0.05, 0.1) is 35.6 Å². The summed E-state index contributed by atoms with van der Waals surface area (Å²) in [5.41, 5.74) is 3.63. The topological polar surface area (TPSA) is 81.4 Å². The average molecular weight is 411 g/mol. The molecule has 0 spiro atoms. The smallest absolute Gasteiger partial charge is 0.319 e. The second-order valence-electron chi connectivity index (χ2n) is 7.60. The lowest BCUT2D eigenvalue weighted by atomic mass is 9.75. The molecule has 2 aliphatic rings. The molecule has 1 aromatic carbocycles. The first-order valence-electron chi connectivity index (χ1n) is 9.57. The minimum Gasteiger partial charge on any atom is -0.460 e. The maximum absolute atomic E-state index is 13.3. The van der Waals surface area contributed by atoms with Gasteiger partial charge in [-0.15, -0.1) is 11.6 Å². The van der Waals surface area contributed by atoms with E-state index >= 15 is 0 Å². The first kappa shape index (κ1) is 18.3. The number of aliphatic hydroxyl groups excluding tert-OH is 1. The van der Waals surface area contributed by atoms with E-state index in [0.29, 0.717) is 35.7 Å². The van der Waals surface area contributed by atoms with Crippen molar-refractivity contribution in [3.05, 3.63) is 62.9 Å². The molecule has 0 radical (unpaired) electrons. The lowest BCUT2D eigenvalue weighted by Gasteiger charge is -2.34. The zero-order valence-electron chi connectivity index (χ0n) is 15.9. The number of nitrogens with zero attached hydrogens (tertiary/aromatic N) is 2. The molecular formula is C22H19ClN2O4. The number of halogens is 1. The van der Waals surface area contributed by atoms with Crippen molar-refractivity contribution < 1.29 is 14.6 Å². The Labute approximate surface area is 171 Å². The highest BCUT2D eigenvalue weighted by atomic mass is 35.5. The number of aliphatic hydroxyl groups is 1. The van der Waals surface area contributed by atoms with Crippen LogP contribution in [0, 0.1) is 0 Å². The third-order valence-corrected chi connectivity index (χ3v) is 6.54. The van der Waals surface area contributed by atoms with Crippen LogP contribution in [0.2, 0.25) is 0 Å². The molecule has 0 bridgehead atoms. The van der Waals surface area contributed by atoms with Gasteiger partial charge >= 0.3 is 5.97 Å². The Morgan fingerprint density at radius 3 is 2.86 bits per heavy atom. The van der Waals surface area contributed by atoms with Gasteiger partial charge in [0, 0.05) is 16.8 Å². The highest BCUT2D eigenvalue weighted by Crippen LogP contribution is 2.40. The Hall–Kier alpha value is -2.70. The fourth-order valence-electron chi connectivity index (χ4n) is 4.52. The molecule has 4 heterocycles.